The summed E-state index contributed by atoms with van der Waals surface area (Å²) in [5.74, 6) is 6.31. The van der Waals surface area contributed by atoms with Crippen molar-refractivity contribution in [1.29, 1.82) is 0 Å². The van der Waals surface area contributed by atoms with Crippen molar-refractivity contribution >= 4 is 11.6 Å². The molecule has 0 aliphatic heterocycles. The van der Waals surface area contributed by atoms with E-state index in [0.29, 0.717) is 6.04 Å². The molecule has 1 aromatic rings. The van der Waals surface area contributed by atoms with Gasteiger partial charge in [0, 0.05) is 13.1 Å². The number of aliphatic imine (C=N–C) groups is 1. The van der Waals surface area contributed by atoms with Gasteiger partial charge in [-0.2, -0.15) is 0 Å². The highest BCUT2D eigenvalue weighted by molar-refractivity contribution is 5.82. The molecule has 17 heavy (non-hydrogen) atoms. The van der Waals surface area contributed by atoms with Crippen LogP contribution in [0.15, 0.2) is 35.3 Å². The molecule has 0 saturated heterocycles. The van der Waals surface area contributed by atoms with Crippen LogP contribution in [0.25, 0.3) is 0 Å². The zero-order chi connectivity index (χ0) is 12.1. The first-order valence-corrected chi connectivity index (χ1v) is 6.14. The summed E-state index contributed by atoms with van der Waals surface area (Å²) in [4.78, 5) is 6.68. The first-order valence-electron chi connectivity index (χ1n) is 6.14. The Morgan fingerprint density at radius 3 is 2.53 bits per heavy atom. The molecule has 0 atom stereocenters. The normalized spacial score (nSPS) is 17.2. The van der Waals surface area contributed by atoms with Gasteiger partial charge in [-0.05, 0) is 25.0 Å². The molecule has 1 fully saturated rings. The van der Waals surface area contributed by atoms with Gasteiger partial charge in [-0.25, -0.2) is 10.8 Å². The van der Waals surface area contributed by atoms with Crippen LogP contribution in [0.2, 0.25) is 0 Å². The highest BCUT2D eigenvalue weighted by atomic mass is 15.4. The summed E-state index contributed by atoms with van der Waals surface area (Å²) in [5, 5.41) is 0. The molecule has 0 unspecified atom stereocenters. The highest BCUT2D eigenvalue weighted by Gasteiger charge is 2.21. The predicted molar refractivity (Wildman–Crippen MR) is 70.9 cm³/mol. The van der Waals surface area contributed by atoms with Gasteiger partial charge >= 0.3 is 0 Å². The maximum atomic E-state index is 5.57. The molecule has 4 heteroatoms. The fraction of sp³-hybridized carbons (Fsp3) is 0.462. The maximum absolute atomic E-state index is 5.57. The van der Waals surface area contributed by atoms with Gasteiger partial charge in [-0.3, -0.25) is 5.43 Å². The lowest BCUT2D eigenvalue weighted by Crippen LogP contribution is -2.46. The Labute approximate surface area is 102 Å². The number of nitrogens with zero attached hydrogens (tertiary/aromatic N) is 2. The molecule has 0 aromatic heterocycles. The van der Waals surface area contributed by atoms with Crippen molar-refractivity contribution in [1.82, 2.24) is 10.3 Å². The Morgan fingerprint density at radius 1 is 1.29 bits per heavy atom. The number of hydrogen-bond donors (Lipinski definition) is 2. The lowest BCUT2D eigenvalue weighted by Gasteiger charge is -2.26. The molecule has 2 rings (SSSR count). The minimum absolute atomic E-state index is 0.563. The van der Waals surface area contributed by atoms with E-state index in [2.05, 4.69) is 22.4 Å². The Kier molecular flexibility index (Phi) is 3.98. The molecule has 4 nitrogen and oxygen atoms in total. The van der Waals surface area contributed by atoms with Gasteiger partial charge < -0.3 is 4.90 Å². The van der Waals surface area contributed by atoms with E-state index < -0.39 is 0 Å². The number of hydrogen-bond acceptors (Lipinski definition) is 2. The van der Waals surface area contributed by atoms with Crippen molar-refractivity contribution in [3.8, 4) is 0 Å². The third-order valence-electron chi connectivity index (χ3n) is 3.33. The van der Waals surface area contributed by atoms with Crippen molar-refractivity contribution < 1.29 is 0 Å². The van der Waals surface area contributed by atoms with Crippen molar-refractivity contribution in [2.24, 2.45) is 10.8 Å². The molecule has 0 spiro atoms. The van der Waals surface area contributed by atoms with Crippen molar-refractivity contribution in [2.45, 2.75) is 31.7 Å². The molecule has 0 radical (unpaired) electrons. The highest BCUT2D eigenvalue weighted by Crippen LogP contribution is 2.23. The van der Waals surface area contributed by atoms with E-state index >= 15 is 0 Å². The summed E-state index contributed by atoms with van der Waals surface area (Å²) in [6.45, 7) is 0. The van der Waals surface area contributed by atoms with Gasteiger partial charge in [-0.15, -0.1) is 0 Å². The minimum atomic E-state index is 0.563. The quantitative estimate of drug-likeness (QED) is 0.355. The number of benzene rings is 1. The molecule has 0 amide bonds. The number of nitrogens with one attached hydrogen (secondary N) is 1. The van der Waals surface area contributed by atoms with Gasteiger partial charge in [0.2, 0.25) is 5.96 Å². The van der Waals surface area contributed by atoms with Crippen LogP contribution in [0.3, 0.4) is 0 Å². The van der Waals surface area contributed by atoms with Gasteiger partial charge in [0.25, 0.3) is 0 Å². The molecule has 92 valence electrons. The lowest BCUT2D eigenvalue weighted by molar-refractivity contribution is 0.360. The standard InChI is InChI=1S/C13H20N4/c1-17(12-9-5-6-10-12)13(16-14)15-11-7-3-2-4-8-11/h2-4,7-8,12H,5-6,9-10,14H2,1H3,(H,15,16). The third-order valence-corrected chi connectivity index (χ3v) is 3.33. The van der Waals surface area contributed by atoms with E-state index in [1.54, 1.807) is 0 Å². The average molecular weight is 232 g/mol. The lowest BCUT2D eigenvalue weighted by atomic mass is 10.2. The van der Waals surface area contributed by atoms with Gasteiger partial charge in [-0.1, -0.05) is 31.0 Å². The number of hydrazine groups is 1. The zero-order valence-electron chi connectivity index (χ0n) is 10.3. The van der Waals surface area contributed by atoms with Crippen molar-refractivity contribution in [3.05, 3.63) is 30.3 Å². The molecule has 0 bridgehead atoms. The van der Waals surface area contributed by atoms with E-state index in [1.807, 2.05) is 30.3 Å². The van der Waals surface area contributed by atoms with E-state index in [4.69, 9.17) is 5.84 Å². The minimum Gasteiger partial charge on any atom is -0.342 e. The monoisotopic (exact) mass is 232 g/mol. The van der Waals surface area contributed by atoms with Gasteiger partial charge in [0.1, 0.15) is 0 Å². The van der Waals surface area contributed by atoms with E-state index in [-0.39, 0.29) is 0 Å². The van der Waals surface area contributed by atoms with E-state index in [9.17, 15) is 0 Å². The fourth-order valence-electron chi connectivity index (χ4n) is 2.30. The second kappa shape index (κ2) is 5.68. The van der Waals surface area contributed by atoms with Crippen LogP contribution in [0.1, 0.15) is 25.7 Å². The number of para-hydroxylation sites is 1. The van der Waals surface area contributed by atoms with Gasteiger partial charge in [0.05, 0.1) is 5.69 Å². The van der Waals surface area contributed by atoms with E-state index in [0.717, 1.165) is 11.6 Å². The number of guanidine groups is 1. The Hall–Kier alpha value is -1.55. The molecule has 0 heterocycles. The van der Waals surface area contributed by atoms with Crippen LogP contribution in [0.5, 0.6) is 0 Å². The third kappa shape index (κ3) is 2.97. The summed E-state index contributed by atoms with van der Waals surface area (Å²) in [7, 11) is 2.05. The Bertz CT molecular complexity index is 368. The Morgan fingerprint density at radius 2 is 1.94 bits per heavy atom. The molecular weight excluding hydrogens is 212 g/mol. The second-order valence-electron chi connectivity index (χ2n) is 4.46. The smallest absolute Gasteiger partial charge is 0.213 e. The zero-order valence-corrected chi connectivity index (χ0v) is 10.3. The van der Waals surface area contributed by atoms with Crippen LogP contribution in [-0.2, 0) is 0 Å². The Balaban J connectivity index is 2.12. The molecule has 1 saturated carbocycles. The van der Waals surface area contributed by atoms with Crippen molar-refractivity contribution in [3.63, 3.8) is 0 Å². The van der Waals surface area contributed by atoms with Crippen LogP contribution in [-0.4, -0.2) is 23.9 Å². The number of rotatable bonds is 2. The first kappa shape index (κ1) is 11.9. The largest absolute Gasteiger partial charge is 0.342 e. The van der Waals surface area contributed by atoms with Gasteiger partial charge in [0.15, 0.2) is 0 Å². The number of nitrogens with two attached hydrogens (primary N) is 1. The molecule has 1 aliphatic carbocycles. The molecular formula is C13H20N4. The second-order valence-corrected chi connectivity index (χ2v) is 4.46. The first-order chi connectivity index (χ1) is 8.31. The van der Waals surface area contributed by atoms with Crippen LogP contribution in [0, 0.1) is 0 Å². The van der Waals surface area contributed by atoms with Crippen LogP contribution < -0.4 is 11.3 Å². The van der Waals surface area contributed by atoms with Crippen molar-refractivity contribution in [2.75, 3.05) is 7.05 Å². The van der Waals surface area contributed by atoms with Crippen LogP contribution >= 0.6 is 0 Å². The summed E-state index contributed by atoms with van der Waals surface area (Å²) < 4.78 is 0. The SMILES string of the molecule is CN(C(=Nc1ccccc1)NN)C1CCCC1. The summed E-state index contributed by atoms with van der Waals surface area (Å²) in [6, 6.07) is 10.4. The van der Waals surface area contributed by atoms with E-state index in [1.165, 1.54) is 25.7 Å². The molecule has 1 aliphatic rings. The summed E-state index contributed by atoms with van der Waals surface area (Å²) in [6.07, 6.45) is 5.06. The molecule has 3 N–H and O–H groups in total. The topological polar surface area (TPSA) is 53.6 Å². The fourth-order valence-corrected chi connectivity index (χ4v) is 2.30. The summed E-state index contributed by atoms with van der Waals surface area (Å²) in [5.41, 5.74) is 3.62. The average Bonchev–Trinajstić information content (AvgIpc) is 2.90. The predicted octanol–water partition coefficient (Wildman–Crippen LogP) is 2.01. The maximum Gasteiger partial charge on any atom is 0.213 e. The van der Waals surface area contributed by atoms with Crippen LogP contribution in [0.4, 0.5) is 5.69 Å². The molecule has 1 aromatic carbocycles. The summed E-state index contributed by atoms with van der Waals surface area (Å²) >= 11 is 0.